The first-order chi connectivity index (χ1) is 8.74. The minimum absolute atomic E-state index is 0.795. The molecule has 2 rings (SSSR count). The Morgan fingerprint density at radius 1 is 1.17 bits per heavy atom. The van der Waals surface area contributed by atoms with E-state index < -0.39 is 0 Å². The van der Waals surface area contributed by atoms with Crippen molar-refractivity contribution in [1.82, 2.24) is 0 Å². The lowest BCUT2D eigenvalue weighted by molar-refractivity contribution is 0.395. The maximum absolute atomic E-state index is 5.35. The van der Waals surface area contributed by atoms with Crippen molar-refractivity contribution in [2.75, 3.05) is 19.5 Å². The average molecular weight is 263 g/mol. The van der Waals surface area contributed by atoms with Gasteiger partial charge in [-0.05, 0) is 36.1 Å². The molecule has 0 bridgehead atoms. The molecule has 0 atom stereocenters. The van der Waals surface area contributed by atoms with E-state index in [1.165, 1.54) is 10.4 Å². The summed E-state index contributed by atoms with van der Waals surface area (Å²) in [7, 11) is 3.31. The summed E-state index contributed by atoms with van der Waals surface area (Å²) in [5.41, 5.74) is 2.30. The largest absolute Gasteiger partial charge is 0.497 e. The van der Waals surface area contributed by atoms with Gasteiger partial charge in [0.15, 0.2) is 0 Å². The molecule has 0 aliphatic carbocycles. The zero-order valence-corrected chi connectivity index (χ0v) is 11.6. The lowest BCUT2D eigenvalue weighted by Gasteiger charge is -2.12. The summed E-state index contributed by atoms with van der Waals surface area (Å²) in [4.78, 5) is 1.34. The van der Waals surface area contributed by atoms with Crippen molar-refractivity contribution in [2.24, 2.45) is 0 Å². The zero-order valence-electron chi connectivity index (χ0n) is 10.8. The molecule has 18 heavy (non-hydrogen) atoms. The molecule has 0 fully saturated rings. The van der Waals surface area contributed by atoms with Gasteiger partial charge in [0, 0.05) is 17.5 Å². The Bertz CT molecular complexity index is 522. The van der Waals surface area contributed by atoms with Crippen LogP contribution in [-0.4, -0.2) is 14.2 Å². The quantitative estimate of drug-likeness (QED) is 0.892. The summed E-state index contributed by atoms with van der Waals surface area (Å²) in [5.74, 6) is 1.59. The summed E-state index contributed by atoms with van der Waals surface area (Å²) >= 11 is 1.76. The first kappa shape index (κ1) is 12.8. The second kappa shape index (κ2) is 5.78. The maximum Gasteiger partial charge on any atom is 0.145 e. The van der Waals surface area contributed by atoms with Gasteiger partial charge in [0.25, 0.3) is 0 Å². The molecule has 0 saturated carbocycles. The van der Waals surface area contributed by atoms with E-state index in [4.69, 9.17) is 9.47 Å². The van der Waals surface area contributed by atoms with Gasteiger partial charge in [-0.15, -0.1) is 11.3 Å². The Balaban J connectivity index is 2.11. The summed E-state index contributed by atoms with van der Waals surface area (Å²) in [6.45, 7) is 2.94. The molecule has 0 saturated heterocycles. The lowest BCUT2D eigenvalue weighted by atomic mass is 10.2. The van der Waals surface area contributed by atoms with E-state index in [1.807, 2.05) is 18.2 Å². The molecule has 0 spiro atoms. The third-order valence-electron chi connectivity index (χ3n) is 2.82. The van der Waals surface area contributed by atoms with Crippen LogP contribution in [0.15, 0.2) is 29.6 Å². The van der Waals surface area contributed by atoms with Crippen LogP contribution in [0.2, 0.25) is 0 Å². The smallest absolute Gasteiger partial charge is 0.145 e. The summed E-state index contributed by atoms with van der Waals surface area (Å²) in [6, 6.07) is 7.91. The summed E-state index contributed by atoms with van der Waals surface area (Å²) < 4.78 is 10.5. The highest BCUT2D eigenvalue weighted by molar-refractivity contribution is 7.10. The van der Waals surface area contributed by atoms with E-state index in [0.29, 0.717) is 0 Å². The van der Waals surface area contributed by atoms with Crippen LogP contribution in [0.5, 0.6) is 11.5 Å². The molecule has 1 heterocycles. The monoisotopic (exact) mass is 263 g/mol. The Morgan fingerprint density at radius 3 is 2.61 bits per heavy atom. The van der Waals surface area contributed by atoms with Crippen molar-refractivity contribution in [1.29, 1.82) is 0 Å². The van der Waals surface area contributed by atoms with E-state index in [2.05, 4.69) is 23.7 Å². The molecule has 4 heteroatoms. The van der Waals surface area contributed by atoms with Crippen LogP contribution in [0, 0.1) is 6.92 Å². The van der Waals surface area contributed by atoms with Gasteiger partial charge in [-0.1, -0.05) is 0 Å². The van der Waals surface area contributed by atoms with E-state index in [0.717, 1.165) is 23.7 Å². The predicted molar refractivity (Wildman–Crippen MR) is 75.9 cm³/mol. The van der Waals surface area contributed by atoms with Crippen molar-refractivity contribution >= 4 is 17.0 Å². The van der Waals surface area contributed by atoms with E-state index in [9.17, 15) is 0 Å². The fraction of sp³-hybridized carbons (Fsp3) is 0.286. The highest BCUT2D eigenvalue weighted by Gasteiger charge is 2.06. The van der Waals surface area contributed by atoms with Crippen molar-refractivity contribution < 1.29 is 9.47 Å². The molecular weight excluding hydrogens is 246 g/mol. The molecule has 1 aromatic carbocycles. The van der Waals surface area contributed by atoms with Gasteiger partial charge in [-0.3, -0.25) is 0 Å². The van der Waals surface area contributed by atoms with Gasteiger partial charge < -0.3 is 14.8 Å². The zero-order chi connectivity index (χ0) is 13.0. The number of nitrogens with one attached hydrogen (secondary N) is 1. The Morgan fingerprint density at radius 2 is 2.00 bits per heavy atom. The van der Waals surface area contributed by atoms with Gasteiger partial charge >= 0.3 is 0 Å². The second-order valence-corrected chi connectivity index (χ2v) is 4.95. The first-order valence-corrected chi connectivity index (χ1v) is 6.61. The van der Waals surface area contributed by atoms with Crippen LogP contribution < -0.4 is 14.8 Å². The van der Waals surface area contributed by atoms with E-state index in [1.54, 1.807) is 25.6 Å². The van der Waals surface area contributed by atoms with Crippen LogP contribution in [0.3, 0.4) is 0 Å². The number of hydrogen-bond acceptors (Lipinski definition) is 4. The van der Waals surface area contributed by atoms with Crippen molar-refractivity contribution in [3.8, 4) is 11.5 Å². The third kappa shape index (κ3) is 2.76. The summed E-state index contributed by atoms with van der Waals surface area (Å²) in [6.07, 6.45) is 0. The molecular formula is C14H17NO2S. The molecule has 1 N–H and O–H groups in total. The highest BCUT2D eigenvalue weighted by Crippen LogP contribution is 2.30. The molecule has 0 aliphatic rings. The van der Waals surface area contributed by atoms with Crippen LogP contribution in [-0.2, 0) is 6.54 Å². The number of ether oxygens (including phenoxy) is 2. The topological polar surface area (TPSA) is 30.5 Å². The summed E-state index contributed by atoms with van der Waals surface area (Å²) in [5, 5.41) is 5.50. The first-order valence-electron chi connectivity index (χ1n) is 5.73. The molecule has 0 aliphatic heterocycles. The number of anilines is 1. The predicted octanol–water partition coefficient (Wildman–Crippen LogP) is 3.69. The molecule has 3 nitrogen and oxygen atoms in total. The van der Waals surface area contributed by atoms with Crippen LogP contribution in [0.4, 0.5) is 5.69 Å². The third-order valence-corrected chi connectivity index (χ3v) is 3.84. The molecule has 0 unspecified atom stereocenters. The number of hydrogen-bond donors (Lipinski definition) is 1. The van der Waals surface area contributed by atoms with Gasteiger partial charge in [-0.2, -0.15) is 0 Å². The van der Waals surface area contributed by atoms with Crippen LogP contribution in [0.1, 0.15) is 10.4 Å². The minimum atomic E-state index is 0.795. The number of aryl methyl sites for hydroxylation is 1. The van der Waals surface area contributed by atoms with E-state index >= 15 is 0 Å². The molecule has 0 amide bonds. The normalized spacial score (nSPS) is 10.2. The fourth-order valence-corrected chi connectivity index (χ4v) is 2.55. The van der Waals surface area contributed by atoms with Gasteiger partial charge in [0.1, 0.15) is 11.5 Å². The Hall–Kier alpha value is -1.68. The molecule has 96 valence electrons. The number of benzene rings is 1. The van der Waals surface area contributed by atoms with Gasteiger partial charge in [-0.25, -0.2) is 0 Å². The number of thiophene rings is 1. The Kier molecular flexibility index (Phi) is 4.10. The SMILES string of the molecule is COc1ccc(NCc2sccc2C)c(OC)c1. The fourth-order valence-electron chi connectivity index (χ4n) is 1.71. The van der Waals surface area contributed by atoms with Crippen molar-refractivity contribution in [3.63, 3.8) is 0 Å². The second-order valence-electron chi connectivity index (χ2n) is 3.95. The minimum Gasteiger partial charge on any atom is -0.497 e. The lowest BCUT2D eigenvalue weighted by Crippen LogP contribution is -2.01. The number of rotatable bonds is 5. The molecule has 2 aromatic rings. The molecule has 1 aromatic heterocycles. The number of methoxy groups -OCH3 is 2. The maximum atomic E-state index is 5.35. The average Bonchev–Trinajstić information content (AvgIpc) is 2.81. The van der Waals surface area contributed by atoms with Crippen LogP contribution in [0.25, 0.3) is 0 Å². The van der Waals surface area contributed by atoms with Gasteiger partial charge in [0.2, 0.25) is 0 Å². The standard InChI is InChI=1S/C14H17NO2S/c1-10-6-7-18-14(10)9-15-12-5-4-11(16-2)8-13(12)17-3/h4-8,15H,9H2,1-3H3. The van der Waals surface area contributed by atoms with Crippen molar-refractivity contribution in [3.05, 3.63) is 40.1 Å². The van der Waals surface area contributed by atoms with Crippen molar-refractivity contribution in [2.45, 2.75) is 13.5 Å². The highest BCUT2D eigenvalue weighted by atomic mass is 32.1. The van der Waals surface area contributed by atoms with Crippen LogP contribution >= 0.6 is 11.3 Å². The van der Waals surface area contributed by atoms with Gasteiger partial charge in [0.05, 0.1) is 19.9 Å². The Labute approximate surface area is 111 Å². The molecule has 0 radical (unpaired) electrons. The van der Waals surface area contributed by atoms with E-state index in [-0.39, 0.29) is 0 Å².